The fourth-order valence-corrected chi connectivity index (χ4v) is 2.85. The van der Waals surface area contributed by atoms with Gasteiger partial charge in [0.1, 0.15) is 0 Å². The molecule has 3 rings (SSSR count). The van der Waals surface area contributed by atoms with Crippen LogP contribution in [0.15, 0.2) is 42.5 Å². The lowest BCUT2D eigenvalue weighted by molar-refractivity contribution is 0.667. The van der Waals surface area contributed by atoms with Crippen molar-refractivity contribution < 1.29 is 0 Å². The topological polar surface area (TPSA) is 38.9 Å². The molecule has 2 N–H and O–H groups in total. The van der Waals surface area contributed by atoms with Crippen LogP contribution < -0.4 is 5.73 Å². The van der Waals surface area contributed by atoms with Crippen molar-refractivity contribution in [2.24, 2.45) is 0 Å². The molecule has 0 aliphatic heterocycles. The summed E-state index contributed by atoms with van der Waals surface area (Å²) in [6.45, 7) is 2.24. The van der Waals surface area contributed by atoms with Crippen LogP contribution in [0, 0.1) is 0 Å². The van der Waals surface area contributed by atoms with E-state index < -0.39 is 0 Å². The van der Waals surface area contributed by atoms with Crippen molar-refractivity contribution in [1.29, 1.82) is 0 Å². The standard InChI is InChI=1S/C19H22N2/c1-2-3-4-5-8-14-13-19-16(12-17(14)20)11-15-9-6-7-10-18(15)21-19/h6-7,9-13H,2-5,8,20H2,1H3. The van der Waals surface area contributed by atoms with E-state index in [2.05, 4.69) is 37.3 Å². The Morgan fingerprint density at radius 3 is 2.62 bits per heavy atom. The average molecular weight is 278 g/mol. The van der Waals surface area contributed by atoms with Crippen molar-refractivity contribution >= 4 is 27.5 Å². The van der Waals surface area contributed by atoms with Gasteiger partial charge in [0.05, 0.1) is 11.0 Å². The van der Waals surface area contributed by atoms with Gasteiger partial charge in [-0.25, -0.2) is 4.98 Å². The molecule has 0 saturated heterocycles. The molecule has 0 radical (unpaired) electrons. The lowest BCUT2D eigenvalue weighted by Crippen LogP contribution is -1.96. The van der Waals surface area contributed by atoms with Gasteiger partial charge in [0.25, 0.3) is 0 Å². The third-order valence-corrected chi connectivity index (χ3v) is 4.08. The quantitative estimate of drug-likeness (QED) is 0.401. The second-order valence-electron chi connectivity index (χ2n) is 5.74. The number of unbranched alkanes of at least 4 members (excludes halogenated alkanes) is 3. The smallest absolute Gasteiger partial charge is 0.0714 e. The summed E-state index contributed by atoms with van der Waals surface area (Å²) in [6.07, 6.45) is 6.10. The monoisotopic (exact) mass is 278 g/mol. The largest absolute Gasteiger partial charge is 0.398 e. The number of nitrogens with two attached hydrogens (primary N) is 1. The molecule has 3 aromatic rings. The van der Waals surface area contributed by atoms with Gasteiger partial charge in [-0.3, -0.25) is 0 Å². The second-order valence-corrected chi connectivity index (χ2v) is 5.74. The maximum absolute atomic E-state index is 6.22. The highest BCUT2D eigenvalue weighted by Crippen LogP contribution is 2.25. The Balaban J connectivity index is 1.95. The Kier molecular flexibility index (Phi) is 4.05. The minimum atomic E-state index is 0.899. The summed E-state index contributed by atoms with van der Waals surface area (Å²) < 4.78 is 0. The van der Waals surface area contributed by atoms with Crippen LogP contribution in [-0.4, -0.2) is 4.98 Å². The molecule has 2 aromatic carbocycles. The van der Waals surface area contributed by atoms with Gasteiger partial charge >= 0.3 is 0 Å². The summed E-state index contributed by atoms with van der Waals surface area (Å²) in [4.78, 5) is 4.77. The summed E-state index contributed by atoms with van der Waals surface area (Å²) in [5, 5.41) is 2.30. The predicted octanol–water partition coefficient (Wildman–Crippen LogP) is 5.09. The highest BCUT2D eigenvalue weighted by Gasteiger charge is 2.05. The Bertz CT molecular complexity index is 762. The maximum atomic E-state index is 6.22. The number of anilines is 1. The van der Waals surface area contributed by atoms with E-state index in [1.54, 1.807) is 0 Å². The van der Waals surface area contributed by atoms with Crippen molar-refractivity contribution in [2.75, 3.05) is 5.73 Å². The van der Waals surface area contributed by atoms with Gasteiger partial charge in [0.2, 0.25) is 0 Å². The van der Waals surface area contributed by atoms with Gasteiger partial charge in [-0.05, 0) is 42.7 Å². The van der Waals surface area contributed by atoms with Crippen LogP contribution in [0.3, 0.4) is 0 Å². The zero-order chi connectivity index (χ0) is 14.7. The van der Waals surface area contributed by atoms with Gasteiger partial charge in [0, 0.05) is 16.5 Å². The molecular weight excluding hydrogens is 256 g/mol. The Labute approximate surface area is 126 Å². The Hall–Kier alpha value is -2.09. The first-order chi connectivity index (χ1) is 10.3. The first-order valence-electron chi connectivity index (χ1n) is 7.86. The van der Waals surface area contributed by atoms with Crippen LogP contribution >= 0.6 is 0 Å². The predicted molar refractivity (Wildman–Crippen MR) is 91.5 cm³/mol. The molecule has 1 aromatic heterocycles. The van der Waals surface area contributed by atoms with Crippen LogP contribution in [0.2, 0.25) is 0 Å². The maximum Gasteiger partial charge on any atom is 0.0714 e. The third kappa shape index (κ3) is 2.99. The molecule has 2 nitrogen and oxygen atoms in total. The van der Waals surface area contributed by atoms with E-state index in [9.17, 15) is 0 Å². The number of benzene rings is 2. The number of aryl methyl sites for hydroxylation is 1. The second kappa shape index (κ2) is 6.13. The van der Waals surface area contributed by atoms with Crippen LogP contribution in [0.1, 0.15) is 38.2 Å². The SMILES string of the molecule is CCCCCCc1cc2nc3ccccc3cc2cc1N. The molecule has 21 heavy (non-hydrogen) atoms. The number of hydrogen-bond acceptors (Lipinski definition) is 2. The molecule has 0 saturated carbocycles. The molecule has 2 heteroatoms. The van der Waals surface area contributed by atoms with Crippen molar-refractivity contribution in [3.63, 3.8) is 0 Å². The van der Waals surface area contributed by atoms with Gasteiger partial charge in [0.15, 0.2) is 0 Å². The molecule has 0 spiro atoms. The normalized spacial score (nSPS) is 11.3. The van der Waals surface area contributed by atoms with Crippen molar-refractivity contribution in [2.45, 2.75) is 39.0 Å². The Morgan fingerprint density at radius 2 is 1.76 bits per heavy atom. The number of aromatic nitrogens is 1. The van der Waals surface area contributed by atoms with Gasteiger partial charge in [-0.1, -0.05) is 44.4 Å². The summed E-state index contributed by atoms with van der Waals surface area (Å²) in [6, 6.07) is 14.6. The summed E-state index contributed by atoms with van der Waals surface area (Å²) in [5.74, 6) is 0. The molecule has 1 heterocycles. The molecule has 0 amide bonds. The fraction of sp³-hybridized carbons (Fsp3) is 0.316. The third-order valence-electron chi connectivity index (χ3n) is 4.08. The summed E-state index contributed by atoms with van der Waals surface area (Å²) in [7, 11) is 0. The number of nitrogen functional groups attached to an aromatic ring is 1. The van der Waals surface area contributed by atoms with Gasteiger partial charge < -0.3 is 5.73 Å². The zero-order valence-electron chi connectivity index (χ0n) is 12.6. The number of para-hydroxylation sites is 1. The highest BCUT2D eigenvalue weighted by atomic mass is 14.7. The average Bonchev–Trinajstić information content (AvgIpc) is 2.50. The molecular formula is C19H22N2. The van der Waals surface area contributed by atoms with Crippen LogP contribution in [-0.2, 0) is 6.42 Å². The minimum Gasteiger partial charge on any atom is -0.398 e. The van der Waals surface area contributed by atoms with E-state index in [1.807, 2.05) is 12.1 Å². The van der Waals surface area contributed by atoms with Crippen molar-refractivity contribution in [3.05, 3.63) is 48.0 Å². The first kappa shape index (κ1) is 13.9. The molecule has 108 valence electrons. The van der Waals surface area contributed by atoms with Gasteiger partial charge in [-0.15, -0.1) is 0 Å². The number of pyridine rings is 1. The molecule has 0 aliphatic carbocycles. The first-order valence-corrected chi connectivity index (χ1v) is 7.86. The van der Waals surface area contributed by atoms with Crippen molar-refractivity contribution in [1.82, 2.24) is 4.98 Å². The van der Waals surface area contributed by atoms with Crippen molar-refractivity contribution in [3.8, 4) is 0 Å². The van der Waals surface area contributed by atoms with E-state index in [0.717, 1.165) is 28.5 Å². The number of nitrogens with zero attached hydrogens (tertiary/aromatic N) is 1. The number of fused-ring (bicyclic) bond motifs is 2. The molecule has 0 aliphatic rings. The summed E-state index contributed by atoms with van der Waals surface area (Å²) >= 11 is 0. The van der Waals surface area contributed by atoms with E-state index in [1.165, 1.54) is 36.6 Å². The molecule has 0 atom stereocenters. The zero-order valence-corrected chi connectivity index (χ0v) is 12.6. The van der Waals surface area contributed by atoms with E-state index in [4.69, 9.17) is 10.7 Å². The van der Waals surface area contributed by atoms with E-state index in [0.29, 0.717) is 0 Å². The highest BCUT2D eigenvalue weighted by molar-refractivity contribution is 5.94. The van der Waals surface area contributed by atoms with Crippen LogP contribution in [0.25, 0.3) is 21.8 Å². The molecule has 0 fully saturated rings. The minimum absolute atomic E-state index is 0.899. The van der Waals surface area contributed by atoms with E-state index in [-0.39, 0.29) is 0 Å². The lowest BCUT2D eigenvalue weighted by Gasteiger charge is -2.09. The fourth-order valence-electron chi connectivity index (χ4n) is 2.85. The van der Waals surface area contributed by atoms with Gasteiger partial charge in [-0.2, -0.15) is 0 Å². The summed E-state index contributed by atoms with van der Waals surface area (Å²) in [5.41, 5.74) is 10.5. The van der Waals surface area contributed by atoms with E-state index >= 15 is 0 Å². The van der Waals surface area contributed by atoms with Crippen LogP contribution in [0.4, 0.5) is 5.69 Å². The van der Waals surface area contributed by atoms with Crippen LogP contribution in [0.5, 0.6) is 0 Å². The number of rotatable bonds is 5. The molecule has 0 bridgehead atoms. The Morgan fingerprint density at radius 1 is 0.905 bits per heavy atom. The number of hydrogen-bond donors (Lipinski definition) is 1. The lowest BCUT2D eigenvalue weighted by atomic mass is 10.0. The molecule has 0 unspecified atom stereocenters.